The second-order valence-corrected chi connectivity index (χ2v) is 7.10. The average molecular weight is 459 g/mol. The van der Waals surface area contributed by atoms with Crippen molar-refractivity contribution >= 4 is 47.2 Å². The standard InChI is InChI=1S/C22H19ClN2O7/c1-12-4-6-14(7-5-12)25-21(28)15(20(27)24-22(25)29)8-13-9-16(23)19(17(10-13)30-2)32-11-18(26)31-3/h4-10H,11H2,1-3H3,(H,24,27,29)/b15-8+. The number of urea groups is 1. The van der Waals surface area contributed by atoms with Gasteiger partial charge in [-0.15, -0.1) is 0 Å². The maximum atomic E-state index is 13.0. The molecule has 1 N–H and O–H groups in total. The molecule has 3 rings (SSSR count). The largest absolute Gasteiger partial charge is 0.493 e. The molecule has 0 spiro atoms. The third-order valence-corrected chi connectivity index (χ3v) is 4.80. The maximum absolute atomic E-state index is 13.0. The van der Waals surface area contributed by atoms with Crippen molar-refractivity contribution in [2.45, 2.75) is 6.92 Å². The van der Waals surface area contributed by atoms with Crippen molar-refractivity contribution in [3.8, 4) is 11.5 Å². The summed E-state index contributed by atoms with van der Waals surface area (Å²) in [6, 6.07) is 8.75. The molecule has 0 radical (unpaired) electrons. The molecule has 1 aliphatic rings. The molecule has 0 atom stereocenters. The predicted octanol–water partition coefficient (Wildman–Crippen LogP) is 2.88. The fourth-order valence-corrected chi connectivity index (χ4v) is 3.18. The molecule has 0 bridgehead atoms. The highest BCUT2D eigenvalue weighted by Crippen LogP contribution is 2.37. The number of carbonyl (C=O) groups is 4. The van der Waals surface area contributed by atoms with Crippen molar-refractivity contribution in [2.24, 2.45) is 0 Å². The van der Waals surface area contributed by atoms with E-state index >= 15 is 0 Å². The SMILES string of the molecule is COC(=O)COc1c(Cl)cc(/C=C2\C(=O)NC(=O)N(c3ccc(C)cc3)C2=O)cc1OC. The minimum Gasteiger partial charge on any atom is -0.493 e. The Balaban J connectivity index is 1.96. The van der Waals surface area contributed by atoms with Crippen LogP contribution in [0.25, 0.3) is 6.08 Å². The molecular formula is C22H19ClN2O7. The third kappa shape index (κ3) is 4.73. The summed E-state index contributed by atoms with van der Waals surface area (Å²) in [5.74, 6) is -1.98. The number of nitrogens with one attached hydrogen (secondary N) is 1. The van der Waals surface area contributed by atoms with E-state index in [1.165, 1.54) is 32.4 Å². The van der Waals surface area contributed by atoms with E-state index < -0.39 is 23.8 Å². The summed E-state index contributed by atoms with van der Waals surface area (Å²) in [6.07, 6.45) is 1.28. The van der Waals surface area contributed by atoms with Gasteiger partial charge < -0.3 is 14.2 Å². The van der Waals surface area contributed by atoms with E-state index in [0.29, 0.717) is 11.3 Å². The Morgan fingerprint density at radius 1 is 1.12 bits per heavy atom. The number of rotatable bonds is 6. The number of carbonyl (C=O) groups excluding carboxylic acids is 4. The Labute approximate surface area is 188 Å². The van der Waals surface area contributed by atoms with Crippen LogP contribution < -0.4 is 19.7 Å². The Hall–Kier alpha value is -3.85. The summed E-state index contributed by atoms with van der Waals surface area (Å²) in [5, 5.41) is 2.23. The van der Waals surface area contributed by atoms with E-state index in [1.54, 1.807) is 24.3 Å². The van der Waals surface area contributed by atoms with Crippen LogP contribution in [0.1, 0.15) is 11.1 Å². The number of hydrogen-bond donors (Lipinski definition) is 1. The zero-order valence-corrected chi connectivity index (χ0v) is 18.2. The normalized spacial score (nSPS) is 14.9. The molecule has 0 saturated carbocycles. The third-order valence-electron chi connectivity index (χ3n) is 4.52. The molecule has 1 heterocycles. The minimum absolute atomic E-state index is 0.0789. The monoisotopic (exact) mass is 458 g/mol. The smallest absolute Gasteiger partial charge is 0.343 e. The van der Waals surface area contributed by atoms with Crippen molar-refractivity contribution in [3.63, 3.8) is 0 Å². The molecular weight excluding hydrogens is 440 g/mol. The van der Waals surface area contributed by atoms with Crippen LogP contribution in [0.5, 0.6) is 11.5 Å². The van der Waals surface area contributed by atoms with Crippen LogP contribution in [0.2, 0.25) is 5.02 Å². The van der Waals surface area contributed by atoms with E-state index in [9.17, 15) is 19.2 Å². The summed E-state index contributed by atoms with van der Waals surface area (Å²) in [7, 11) is 2.58. The molecule has 2 aromatic rings. The molecule has 1 saturated heterocycles. The van der Waals surface area contributed by atoms with Crippen LogP contribution in [0.4, 0.5) is 10.5 Å². The summed E-state index contributed by atoms with van der Waals surface area (Å²) < 4.78 is 15.1. The van der Waals surface area contributed by atoms with Gasteiger partial charge in [-0.25, -0.2) is 14.5 Å². The number of imide groups is 2. The first-order valence-corrected chi connectivity index (χ1v) is 9.68. The van der Waals surface area contributed by atoms with E-state index in [0.717, 1.165) is 10.5 Å². The summed E-state index contributed by atoms with van der Waals surface area (Å²) in [6.45, 7) is 1.48. The van der Waals surface area contributed by atoms with Crippen LogP contribution in [0.15, 0.2) is 42.0 Å². The van der Waals surface area contributed by atoms with Gasteiger partial charge in [0.25, 0.3) is 11.8 Å². The Bertz CT molecular complexity index is 1130. The number of ether oxygens (including phenoxy) is 3. The number of amides is 4. The highest BCUT2D eigenvalue weighted by atomic mass is 35.5. The minimum atomic E-state index is -0.844. The quantitative estimate of drug-likeness (QED) is 0.402. The fourth-order valence-electron chi connectivity index (χ4n) is 2.91. The first-order chi connectivity index (χ1) is 15.2. The van der Waals surface area contributed by atoms with Crippen molar-refractivity contribution in [3.05, 3.63) is 58.1 Å². The van der Waals surface area contributed by atoms with Gasteiger partial charge in [-0.2, -0.15) is 0 Å². The maximum Gasteiger partial charge on any atom is 0.343 e. The lowest BCUT2D eigenvalue weighted by Gasteiger charge is -2.26. The molecule has 2 aromatic carbocycles. The molecule has 32 heavy (non-hydrogen) atoms. The highest BCUT2D eigenvalue weighted by molar-refractivity contribution is 6.39. The number of anilines is 1. The molecule has 1 fully saturated rings. The van der Waals surface area contributed by atoms with Crippen molar-refractivity contribution in [1.29, 1.82) is 0 Å². The van der Waals surface area contributed by atoms with E-state index in [4.69, 9.17) is 21.1 Å². The van der Waals surface area contributed by atoms with Crippen LogP contribution in [-0.2, 0) is 19.1 Å². The van der Waals surface area contributed by atoms with Crippen molar-refractivity contribution < 1.29 is 33.4 Å². The second kappa shape index (κ2) is 9.52. The number of methoxy groups -OCH3 is 2. The lowest BCUT2D eigenvalue weighted by Crippen LogP contribution is -2.54. The molecule has 9 nitrogen and oxygen atoms in total. The predicted molar refractivity (Wildman–Crippen MR) is 116 cm³/mol. The first kappa shape index (κ1) is 22.8. The van der Waals surface area contributed by atoms with Gasteiger partial charge in [0.1, 0.15) is 5.57 Å². The summed E-state index contributed by atoms with van der Waals surface area (Å²) in [4.78, 5) is 49.9. The van der Waals surface area contributed by atoms with Crippen LogP contribution in [-0.4, -0.2) is 44.6 Å². The van der Waals surface area contributed by atoms with Gasteiger partial charge in [0.2, 0.25) is 0 Å². The van der Waals surface area contributed by atoms with Gasteiger partial charge in [0.15, 0.2) is 18.1 Å². The summed E-state index contributed by atoms with van der Waals surface area (Å²) >= 11 is 6.26. The molecule has 0 aromatic heterocycles. The average Bonchev–Trinajstić information content (AvgIpc) is 2.76. The number of nitrogens with zero attached hydrogens (tertiary/aromatic N) is 1. The van der Waals surface area contributed by atoms with Gasteiger partial charge in [-0.1, -0.05) is 29.3 Å². The van der Waals surface area contributed by atoms with Crippen LogP contribution in [0.3, 0.4) is 0 Å². The van der Waals surface area contributed by atoms with Crippen LogP contribution in [0, 0.1) is 6.92 Å². The summed E-state index contributed by atoms with van der Waals surface area (Å²) in [5.41, 5.74) is 1.33. The van der Waals surface area contributed by atoms with E-state index in [-0.39, 0.29) is 28.7 Å². The molecule has 10 heteroatoms. The Morgan fingerprint density at radius 2 is 1.81 bits per heavy atom. The lowest BCUT2D eigenvalue weighted by molar-refractivity contribution is -0.143. The molecule has 166 valence electrons. The van der Waals surface area contributed by atoms with E-state index in [1.807, 2.05) is 6.92 Å². The molecule has 0 aliphatic carbocycles. The van der Waals surface area contributed by atoms with Gasteiger partial charge in [-0.3, -0.25) is 14.9 Å². The highest BCUT2D eigenvalue weighted by Gasteiger charge is 2.36. The van der Waals surface area contributed by atoms with Crippen molar-refractivity contribution in [1.82, 2.24) is 5.32 Å². The fraction of sp³-hybridized carbons (Fsp3) is 0.182. The number of halogens is 1. The number of hydrogen-bond acceptors (Lipinski definition) is 7. The number of esters is 1. The van der Waals surface area contributed by atoms with Gasteiger partial charge in [-0.05, 0) is 42.8 Å². The van der Waals surface area contributed by atoms with Gasteiger partial charge in [0.05, 0.1) is 24.9 Å². The van der Waals surface area contributed by atoms with Crippen molar-refractivity contribution in [2.75, 3.05) is 25.7 Å². The Morgan fingerprint density at radius 3 is 2.44 bits per heavy atom. The molecule has 4 amide bonds. The van der Waals surface area contributed by atoms with E-state index in [2.05, 4.69) is 10.1 Å². The van der Waals surface area contributed by atoms with Crippen LogP contribution >= 0.6 is 11.6 Å². The Kier molecular flexibility index (Phi) is 6.79. The second-order valence-electron chi connectivity index (χ2n) is 6.69. The van der Waals surface area contributed by atoms with Gasteiger partial charge in [0, 0.05) is 0 Å². The molecule has 0 unspecified atom stereocenters. The number of benzene rings is 2. The zero-order chi connectivity index (χ0) is 23.4. The number of barbiturate groups is 1. The molecule has 1 aliphatic heterocycles. The topological polar surface area (TPSA) is 111 Å². The first-order valence-electron chi connectivity index (χ1n) is 9.30. The lowest BCUT2D eigenvalue weighted by atomic mass is 10.1. The number of aryl methyl sites for hydroxylation is 1. The zero-order valence-electron chi connectivity index (χ0n) is 17.4. The van der Waals surface area contributed by atoms with Gasteiger partial charge >= 0.3 is 12.0 Å².